The van der Waals surface area contributed by atoms with E-state index in [0.717, 1.165) is 12.3 Å². The molecule has 0 radical (unpaired) electrons. The van der Waals surface area contributed by atoms with Crippen molar-refractivity contribution in [3.63, 3.8) is 0 Å². The van der Waals surface area contributed by atoms with Crippen LogP contribution in [0.1, 0.15) is 59.8 Å². The molecule has 1 aliphatic carbocycles. The Morgan fingerprint density at radius 1 is 1.31 bits per heavy atom. The fourth-order valence-electron chi connectivity index (χ4n) is 2.46. The normalized spacial score (nSPS) is 23.8. The molecule has 1 saturated carbocycles. The zero-order chi connectivity index (χ0) is 12.2. The van der Waals surface area contributed by atoms with Crippen molar-refractivity contribution >= 4 is 0 Å². The van der Waals surface area contributed by atoms with Gasteiger partial charge in [0.05, 0.1) is 6.61 Å². The molecule has 0 heterocycles. The highest BCUT2D eigenvalue weighted by Gasteiger charge is 2.41. The molecule has 0 saturated heterocycles. The third-order valence-electron chi connectivity index (χ3n) is 4.22. The van der Waals surface area contributed by atoms with Crippen molar-refractivity contribution in [2.75, 3.05) is 6.61 Å². The van der Waals surface area contributed by atoms with Gasteiger partial charge in [0.25, 0.3) is 0 Å². The first-order valence-corrected chi connectivity index (χ1v) is 6.94. The van der Waals surface area contributed by atoms with Crippen molar-refractivity contribution in [1.29, 1.82) is 0 Å². The topological polar surface area (TPSA) is 32.3 Å². The van der Waals surface area contributed by atoms with Crippen LogP contribution in [0.5, 0.6) is 0 Å². The molecule has 2 heteroatoms. The van der Waals surface area contributed by atoms with Gasteiger partial charge < -0.3 is 10.4 Å². The highest BCUT2D eigenvalue weighted by Crippen LogP contribution is 2.39. The van der Waals surface area contributed by atoms with Crippen LogP contribution in [0.4, 0.5) is 0 Å². The van der Waals surface area contributed by atoms with E-state index in [9.17, 15) is 5.11 Å². The van der Waals surface area contributed by atoms with Gasteiger partial charge in [-0.3, -0.25) is 0 Å². The molecule has 1 fully saturated rings. The van der Waals surface area contributed by atoms with Crippen LogP contribution in [0.3, 0.4) is 0 Å². The van der Waals surface area contributed by atoms with Crippen molar-refractivity contribution in [3.05, 3.63) is 0 Å². The van der Waals surface area contributed by atoms with Crippen LogP contribution in [-0.4, -0.2) is 23.3 Å². The second kappa shape index (κ2) is 6.02. The summed E-state index contributed by atoms with van der Waals surface area (Å²) in [6.07, 6.45) is 6.20. The van der Waals surface area contributed by atoms with Gasteiger partial charge in [0.15, 0.2) is 0 Å². The minimum atomic E-state index is -0.0336. The molecule has 1 rings (SSSR count). The largest absolute Gasteiger partial charge is 0.394 e. The molecule has 2 nitrogen and oxygen atoms in total. The van der Waals surface area contributed by atoms with Gasteiger partial charge in [-0.1, -0.05) is 27.2 Å². The van der Waals surface area contributed by atoms with Gasteiger partial charge in [0.1, 0.15) is 0 Å². The Labute approximate surface area is 101 Å². The number of hydrogen-bond acceptors (Lipinski definition) is 2. The average molecular weight is 227 g/mol. The number of hydrogen-bond donors (Lipinski definition) is 2. The quantitative estimate of drug-likeness (QED) is 0.668. The first-order valence-electron chi connectivity index (χ1n) is 6.94. The van der Waals surface area contributed by atoms with Crippen LogP contribution in [0, 0.1) is 11.8 Å². The molecule has 0 aromatic carbocycles. The van der Waals surface area contributed by atoms with Gasteiger partial charge in [-0.15, -0.1) is 0 Å². The smallest absolute Gasteiger partial charge is 0.0613 e. The summed E-state index contributed by atoms with van der Waals surface area (Å²) in [5.74, 6) is 1.48. The number of rotatable bonds is 8. The summed E-state index contributed by atoms with van der Waals surface area (Å²) in [6, 6.07) is 0.563. The van der Waals surface area contributed by atoms with E-state index in [0.29, 0.717) is 12.0 Å². The fourth-order valence-corrected chi connectivity index (χ4v) is 2.46. The summed E-state index contributed by atoms with van der Waals surface area (Å²) >= 11 is 0. The van der Waals surface area contributed by atoms with E-state index in [1.165, 1.54) is 25.7 Å². The molecule has 16 heavy (non-hydrogen) atoms. The van der Waals surface area contributed by atoms with Crippen LogP contribution in [0.15, 0.2) is 0 Å². The van der Waals surface area contributed by atoms with Crippen molar-refractivity contribution in [2.24, 2.45) is 11.8 Å². The van der Waals surface area contributed by atoms with Gasteiger partial charge in [-0.25, -0.2) is 0 Å². The molecular weight excluding hydrogens is 198 g/mol. The SMILES string of the molecule is CCC(C)CC(CC)NC(C)(CO)C1CC1. The molecule has 2 N–H and O–H groups in total. The van der Waals surface area contributed by atoms with E-state index in [2.05, 4.69) is 33.0 Å². The highest BCUT2D eigenvalue weighted by molar-refractivity contribution is 4.99. The standard InChI is InChI=1S/C14H29NO/c1-5-11(3)9-13(6-2)15-14(4,10-16)12-7-8-12/h11-13,15-16H,5-10H2,1-4H3. The zero-order valence-corrected chi connectivity index (χ0v) is 11.4. The third kappa shape index (κ3) is 3.74. The van der Waals surface area contributed by atoms with E-state index >= 15 is 0 Å². The van der Waals surface area contributed by atoms with Gasteiger partial charge in [0.2, 0.25) is 0 Å². The van der Waals surface area contributed by atoms with Crippen molar-refractivity contribution in [2.45, 2.75) is 71.4 Å². The monoisotopic (exact) mass is 227 g/mol. The van der Waals surface area contributed by atoms with Crippen LogP contribution in [-0.2, 0) is 0 Å². The molecule has 1 aliphatic rings. The van der Waals surface area contributed by atoms with Crippen LogP contribution in [0.25, 0.3) is 0 Å². The molecule has 0 aliphatic heterocycles. The van der Waals surface area contributed by atoms with Gasteiger partial charge in [-0.2, -0.15) is 0 Å². The van der Waals surface area contributed by atoms with E-state index in [1.807, 2.05) is 0 Å². The van der Waals surface area contributed by atoms with Gasteiger partial charge >= 0.3 is 0 Å². The second-order valence-corrected chi connectivity index (χ2v) is 5.85. The lowest BCUT2D eigenvalue weighted by Crippen LogP contribution is -2.52. The summed E-state index contributed by atoms with van der Waals surface area (Å²) in [7, 11) is 0. The van der Waals surface area contributed by atoms with Crippen LogP contribution in [0.2, 0.25) is 0 Å². The van der Waals surface area contributed by atoms with Crippen molar-refractivity contribution < 1.29 is 5.11 Å². The Hall–Kier alpha value is -0.0800. The predicted octanol–water partition coefficient (Wildman–Crippen LogP) is 2.95. The van der Waals surface area contributed by atoms with Crippen LogP contribution < -0.4 is 5.32 Å². The molecule has 0 aromatic rings. The lowest BCUT2D eigenvalue weighted by molar-refractivity contribution is 0.134. The Morgan fingerprint density at radius 2 is 1.94 bits per heavy atom. The zero-order valence-electron chi connectivity index (χ0n) is 11.4. The van der Waals surface area contributed by atoms with Crippen LogP contribution >= 0.6 is 0 Å². The summed E-state index contributed by atoms with van der Waals surface area (Å²) in [6.45, 7) is 9.27. The molecule has 96 valence electrons. The molecule has 0 bridgehead atoms. The lowest BCUT2D eigenvalue weighted by Gasteiger charge is -2.34. The van der Waals surface area contributed by atoms with Crippen molar-refractivity contribution in [3.8, 4) is 0 Å². The first kappa shape index (κ1) is 14.0. The first-order chi connectivity index (χ1) is 7.55. The Bertz CT molecular complexity index is 203. The maximum absolute atomic E-state index is 9.57. The minimum Gasteiger partial charge on any atom is -0.394 e. The summed E-state index contributed by atoms with van der Waals surface area (Å²) < 4.78 is 0. The number of nitrogens with one attached hydrogen (secondary N) is 1. The second-order valence-electron chi connectivity index (χ2n) is 5.85. The minimum absolute atomic E-state index is 0.0336. The average Bonchev–Trinajstić information content (AvgIpc) is 3.11. The van der Waals surface area contributed by atoms with E-state index in [-0.39, 0.29) is 12.1 Å². The highest BCUT2D eigenvalue weighted by atomic mass is 16.3. The third-order valence-corrected chi connectivity index (χ3v) is 4.22. The molecule has 0 amide bonds. The van der Waals surface area contributed by atoms with E-state index in [1.54, 1.807) is 0 Å². The Balaban J connectivity index is 2.46. The van der Waals surface area contributed by atoms with Crippen molar-refractivity contribution in [1.82, 2.24) is 5.32 Å². The predicted molar refractivity (Wildman–Crippen MR) is 69.5 cm³/mol. The maximum atomic E-state index is 9.57. The van der Waals surface area contributed by atoms with E-state index in [4.69, 9.17) is 0 Å². The number of aliphatic hydroxyl groups excluding tert-OH is 1. The molecule has 3 atom stereocenters. The van der Waals surface area contributed by atoms with Gasteiger partial charge in [-0.05, 0) is 44.4 Å². The number of aliphatic hydroxyl groups is 1. The Kier molecular flexibility index (Phi) is 5.26. The maximum Gasteiger partial charge on any atom is 0.0613 e. The Morgan fingerprint density at radius 3 is 2.31 bits per heavy atom. The molecular formula is C14H29NO. The molecule has 0 spiro atoms. The summed E-state index contributed by atoms with van der Waals surface area (Å²) in [5.41, 5.74) is -0.0336. The lowest BCUT2D eigenvalue weighted by atomic mass is 9.91. The van der Waals surface area contributed by atoms with E-state index < -0.39 is 0 Å². The molecule has 0 aromatic heterocycles. The fraction of sp³-hybridized carbons (Fsp3) is 1.00. The molecule has 3 unspecified atom stereocenters. The van der Waals surface area contributed by atoms with Gasteiger partial charge in [0, 0.05) is 11.6 Å². The summed E-state index contributed by atoms with van der Waals surface area (Å²) in [4.78, 5) is 0. The summed E-state index contributed by atoms with van der Waals surface area (Å²) in [5, 5.41) is 13.3.